The number of rotatable bonds is 2. The molecule has 0 aliphatic carbocycles. The molecule has 1 aliphatic heterocycles. The molecule has 94 valence electrons. The summed E-state index contributed by atoms with van der Waals surface area (Å²) in [6.45, 7) is 6.33. The lowest BCUT2D eigenvalue weighted by atomic mass is 9.99. The lowest BCUT2D eigenvalue weighted by Crippen LogP contribution is -2.44. The average molecular weight is 253 g/mol. The molecule has 0 unspecified atom stereocenters. The van der Waals surface area contributed by atoms with Gasteiger partial charge in [0, 0.05) is 36.6 Å². The van der Waals surface area contributed by atoms with Crippen molar-refractivity contribution in [3.05, 3.63) is 16.1 Å². The van der Waals surface area contributed by atoms with E-state index in [1.807, 2.05) is 18.7 Å². The van der Waals surface area contributed by atoms with Gasteiger partial charge in [0.25, 0.3) is 0 Å². The van der Waals surface area contributed by atoms with Gasteiger partial charge in [-0.25, -0.2) is 9.78 Å². The van der Waals surface area contributed by atoms with E-state index >= 15 is 0 Å². The maximum Gasteiger partial charge on any atom is 0.317 e. The normalized spacial score (nSPS) is 20.4. The van der Waals surface area contributed by atoms with Gasteiger partial charge < -0.3 is 10.2 Å². The fourth-order valence-corrected chi connectivity index (χ4v) is 3.11. The molecule has 0 radical (unpaired) electrons. The van der Waals surface area contributed by atoms with Crippen LogP contribution in [-0.2, 0) is 0 Å². The largest absolute Gasteiger partial charge is 0.338 e. The van der Waals surface area contributed by atoms with Crippen molar-refractivity contribution in [2.75, 3.05) is 19.6 Å². The van der Waals surface area contributed by atoms with Crippen LogP contribution in [0.4, 0.5) is 4.79 Å². The highest BCUT2D eigenvalue weighted by atomic mass is 32.1. The van der Waals surface area contributed by atoms with Crippen molar-refractivity contribution in [3.63, 3.8) is 0 Å². The van der Waals surface area contributed by atoms with Crippen molar-refractivity contribution in [2.45, 2.75) is 32.6 Å². The Balaban J connectivity index is 1.99. The number of nitrogens with one attached hydrogen (secondary N) is 1. The van der Waals surface area contributed by atoms with Gasteiger partial charge in [0.1, 0.15) is 0 Å². The molecule has 1 fully saturated rings. The zero-order valence-electron chi connectivity index (χ0n) is 10.4. The molecule has 5 heteroatoms. The zero-order valence-corrected chi connectivity index (χ0v) is 11.2. The molecule has 2 rings (SSSR count). The molecule has 0 saturated carbocycles. The highest BCUT2D eigenvalue weighted by molar-refractivity contribution is 7.09. The Labute approximate surface area is 106 Å². The van der Waals surface area contributed by atoms with Crippen molar-refractivity contribution >= 4 is 17.4 Å². The van der Waals surface area contributed by atoms with Gasteiger partial charge in [0.15, 0.2) is 0 Å². The molecule has 1 aliphatic rings. The third-order valence-corrected chi connectivity index (χ3v) is 4.15. The molecule has 0 bridgehead atoms. The van der Waals surface area contributed by atoms with Crippen LogP contribution < -0.4 is 5.32 Å². The Morgan fingerprint density at radius 1 is 1.71 bits per heavy atom. The lowest BCUT2D eigenvalue weighted by Gasteiger charge is -2.31. The topological polar surface area (TPSA) is 45.2 Å². The zero-order chi connectivity index (χ0) is 12.3. The predicted octanol–water partition coefficient (Wildman–Crippen LogP) is 2.36. The molecule has 2 heterocycles. The first-order valence-corrected chi connectivity index (χ1v) is 7.03. The minimum atomic E-state index is 0.0606. The monoisotopic (exact) mass is 253 g/mol. The summed E-state index contributed by atoms with van der Waals surface area (Å²) in [7, 11) is 0. The van der Waals surface area contributed by atoms with Crippen LogP contribution in [0.3, 0.4) is 0 Å². The molecule has 1 aromatic heterocycles. The smallest absolute Gasteiger partial charge is 0.317 e. The van der Waals surface area contributed by atoms with Crippen molar-refractivity contribution in [1.29, 1.82) is 0 Å². The van der Waals surface area contributed by atoms with E-state index in [-0.39, 0.29) is 6.03 Å². The number of carbonyl (C=O) groups excluding carboxylic acids is 1. The standard InChI is InChI=1S/C12H19N3OS/c1-3-13-12(16)15-6-4-5-10(7-15)11-14-9(2)8-17-11/h8,10H,3-7H2,1-2H3,(H,13,16)/t10-/m1/s1. The van der Waals surface area contributed by atoms with Crippen molar-refractivity contribution in [2.24, 2.45) is 0 Å². The van der Waals surface area contributed by atoms with Crippen LogP contribution in [-0.4, -0.2) is 35.5 Å². The Bertz CT molecular complexity index is 391. The summed E-state index contributed by atoms with van der Waals surface area (Å²) < 4.78 is 0. The van der Waals surface area contributed by atoms with Gasteiger partial charge in [0.2, 0.25) is 0 Å². The van der Waals surface area contributed by atoms with Crippen LogP contribution in [0.2, 0.25) is 0 Å². The molecule has 2 amide bonds. The Kier molecular flexibility index (Phi) is 3.99. The number of piperidine rings is 1. The molecule has 4 nitrogen and oxygen atoms in total. The van der Waals surface area contributed by atoms with E-state index in [1.165, 1.54) is 5.01 Å². The first-order valence-electron chi connectivity index (χ1n) is 6.15. The highest BCUT2D eigenvalue weighted by Gasteiger charge is 2.26. The Morgan fingerprint density at radius 2 is 2.53 bits per heavy atom. The molecular weight excluding hydrogens is 234 g/mol. The van der Waals surface area contributed by atoms with Crippen LogP contribution in [0.25, 0.3) is 0 Å². The summed E-state index contributed by atoms with van der Waals surface area (Å²) >= 11 is 1.71. The molecule has 1 atom stereocenters. The third kappa shape index (κ3) is 2.97. The fourth-order valence-electron chi connectivity index (χ4n) is 2.19. The van der Waals surface area contributed by atoms with Gasteiger partial charge >= 0.3 is 6.03 Å². The molecule has 0 aromatic carbocycles. The first kappa shape index (κ1) is 12.4. The SMILES string of the molecule is CCNC(=O)N1CCC[C@@H](c2nc(C)cs2)C1. The molecule has 1 N–H and O–H groups in total. The van der Waals surface area contributed by atoms with Crippen LogP contribution in [0.15, 0.2) is 5.38 Å². The minimum absolute atomic E-state index is 0.0606. The predicted molar refractivity (Wildman–Crippen MR) is 69.5 cm³/mol. The molecular formula is C12H19N3OS. The van der Waals surface area contributed by atoms with E-state index in [0.29, 0.717) is 12.5 Å². The number of nitrogens with zero attached hydrogens (tertiary/aromatic N) is 2. The van der Waals surface area contributed by atoms with Crippen molar-refractivity contribution in [1.82, 2.24) is 15.2 Å². The maximum absolute atomic E-state index is 11.8. The maximum atomic E-state index is 11.8. The van der Waals surface area contributed by atoms with Gasteiger partial charge in [0.05, 0.1) is 5.01 Å². The molecule has 17 heavy (non-hydrogen) atoms. The second-order valence-corrected chi connectivity index (χ2v) is 5.34. The summed E-state index contributed by atoms with van der Waals surface area (Å²) in [5.41, 5.74) is 1.08. The van der Waals surface area contributed by atoms with E-state index in [4.69, 9.17) is 0 Å². The summed E-state index contributed by atoms with van der Waals surface area (Å²) in [5, 5.41) is 6.12. The number of carbonyl (C=O) groups is 1. The summed E-state index contributed by atoms with van der Waals surface area (Å²) in [6.07, 6.45) is 2.21. The van der Waals surface area contributed by atoms with Gasteiger partial charge in [-0.3, -0.25) is 0 Å². The van der Waals surface area contributed by atoms with E-state index in [1.54, 1.807) is 11.3 Å². The van der Waals surface area contributed by atoms with E-state index in [0.717, 1.165) is 31.6 Å². The van der Waals surface area contributed by atoms with E-state index in [2.05, 4.69) is 15.7 Å². The summed E-state index contributed by atoms with van der Waals surface area (Å²) in [6, 6.07) is 0.0606. The molecule has 0 spiro atoms. The number of likely N-dealkylation sites (tertiary alicyclic amines) is 1. The first-order chi connectivity index (χ1) is 8.20. The van der Waals surface area contributed by atoms with Crippen molar-refractivity contribution in [3.8, 4) is 0 Å². The number of thiazole rings is 1. The molecule has 1 saturated heterocycles. The number of urea groups is 1. The quantitative estimate of drug-likeness (QED) is 0.879. The van der Waals surface area contributed by atoms with Gasteiger partial charge in [-0.05, 0) is 26.7 Å². The fraction of sp³-hybridized carbons (Fsp3) is 0.667. The number of aryl methyl sites for hydroxylation is 1. The van der Waals surface area contributed by atoms with Gasteiger partial charge in [-0.15, -0.1) is 11.3 Å². The lowest BCUT2D eigenvalue weighted by molar-refractivity contribution is 0.180. The average Bonchev–Trinajstić information content (AvgIpc) is 2.76. The second-order valence-electron chi connectivity index (χ2n) is 4.45. The van der Waals surface area contributed by atoms with Gasteiger partial charge in [-0.2, -0.15) is 0 Å². The Morgan fingerprint density at radius 3 is 3.18 bits per heavy atom. The number of hydrogen-bond acceptors (Lipinski definition) is 3. The minimum Gasteiger partial charge on any atom is -0.338 e. The highest BCUT2D eigenvalue weighted by Crippen LogP contribution is 2.29. The van der Waals surface area contributed by atoms with Crippen LogP contribution in [0.5, 0.6) is 0 Å². The van der Waals surface area contributed by atoms with E-state index < -0.39 is 0 Å². The van der Waals surface area contributed by atoms with Crippen LogP contribution >= 0.6 is 11.3 Å². The van der Waals surface area contributed by atoms with Gasteiger partial charge in [-0.1, -0.05) is 0 Å². The summed E-state index contributed by atoms with van der Waals surface area (Å²) in [5.74, 6) is 0.421. The number of aromatic nitrogens is 1. The Hall–Kier alpha value is -1.10. The second kappa shape index (κ2) is 5.49. The van der Waals surface area contributed by atoms with Crippen LogP contribution in [0.1, 0.15) is 36.4 Å². The van der Waals surface area contributed by atoms with E-state index in [9.17, 15) is 4.79 Å². The van der Waals surface area contributed by atoms with Crippen molar-refractivity contribution < 1.29 is 4.79 Å². The third-order valence-electron chi connectivity index (χ3n) is 3.02. The number of hydrogen-bond donors (Lipinski definition) is 1. The van der Waals surface area contributed by atoms with Crippen LogP contribution in [0, 0.1) is 6.92 Å². The number of amides is 2. The summed E-state index contributed by atoms with van der Waals surface area (Å²) in [4.78, 5) is 18.2. The molecule has 1 aromatic rings.